The Morgan fingerprint density at radius 1 is 1.50 bits per heavy atom. The minimum Gasteiger partial charge on any atom is -0.497 e. The summed E-state index contributed by atoms with van der Waals surface area (Å²) in [5.41, 5.74) is 0.676. The van der Waals surface area contributed by atoms with Crippen molar-refractivity contribution in [3.8, 4) is 18.1 Å². The van der Waals surface area contributed by atoms with Gasteiger partial charge in [0.2, 0.25) is 0 Å². The summed E-state index contributed by atoms with van der Waals surface area (Å²) in [6.07, 6.45) is 7.68. The molecule has 0 aliphatic carbocycles. The lowest BCUT2D eigenvalue weighted by atomic mass is 10.00. The van der Waals surface area contributed by atoms with Crippen molar-refractivity contribution >= 4 is 0 Å². The zero-order valence-corrected chi connectivity index (χ0v) is 11.0. The summed E-state index contributed by atoms with van der Waals surface area (Å²) in [7, 11) is 1.53. The number of unbranched alkanes of at least 4 members (excludes halogenated alkanes) is 1. The van der Waals surface area contributed by atoms with Crippen molar-refractivity contribution < 1.29 is 9.13 Å². The minimum atomic E-state index is -0.235. The molecule has 0 radical (unpaired) electrons. The molecule has 0 bridgehead atoms. The maximum Gasteiger partial charge on any atom is 0.131 e. The summed E-state index contributed by atoms with van der Waals surface area (Å²) in [6.45, 7) is 2.81. The normalized spacial score (nSPS) is 11.9. The molecule has 1 rings (SSSR count). The van der Waals surface area contributed by atoms with E-state index in [4.69, 9.17) is 11.2 Å². The monoisotopic (exact) mass is 249 g/mol. The Morgan fingerprint density at radius 3 is 2.83 bits per heavy atom. The van der Waals surface area contributed by atoms with Crippen molar-refractivity contribution in [2.45, 2.75) is 32.2 Å². The van der Waals surface area contributed by atoms with Crippen molar-refractivity contribution in [3.63, 3.8) is 0 Å². The van der Waals surface area contributed by atoms with Crippen molar-refractivity contribution in [2.24, 2.45) is 0 Å². The first kappa shape index (κ1) is 14.5. The highest BCUT2D eigenvalue weighted by Crippen LogP contribution is 2.25. The molecule has 0 amide bonds. The number of methoxy groups -OCH3 is 1. The Bertz CT molecular complexity index is 411. The van der Waals surface area contributed by atoms with Crippen LogP contribution < -0.4 is 10.1 Å². The third-order valence-electron chi connectivity index (χ3n) is 2.85. The van der Waals surface area contributed by atoms with Gasteiger partial charge in [-0.15, -0.1) is 12.3 Å². The van der Waals surface area contributed by atoms with Crippen LogP contribution in [0.2, 0.25) is 0 Å². The molecule has 98 valence electrons. The van der Waals surface area contributed by atoms with E-state index in [0.29, 0.717) is 11.3 Å². The molecule has 1 N–H and O–H groups in total. The first-order chi connectivity index (χ1) is 8.72. The maximum absolute atomic E-state index is 14.0. The van der Waals surface area contributed by atoms with Gasteiger partial charge in [0.15, 0.2) is 0 Å². The van der Waals surface area contributed by atoms with Crippen LogP contribution in [0.4, 0.5) is 4.39 Å². The van der Waals surface area contributed by atoms with Gasteiger partial charge in [-0.1, -0.05) is 13.0 Å². The Morgan fingerprint density at radius 2 is 2.28 bits per heavy atom. The maximum atomic E-state index is 14.0. The van der Waals surface area contributed by atoms with Gasteiger partial charge in [0.05, 0.1) is 7.11 Å². The van der Waals surface area contributed by atoms with Crippen LogP contribution in [-0.2, 0) is 0 Å². The summed E-state index contributed by atoms with van der Waals surface area (Å²) < 4.78 is 19.0. The minimum absolute atomic E-state index is 0.00857. The first-order valence-corrected chi connectivity index (χ1v) is 6.23. The predicted molar refractivity (Wildman–Crippen MR) is 72.1 cm³/mol. The summed E-state index contributed by atoms with van der Waals surface area (Å²) in [5.74, 6) is 2.91. The fourth-order valence-corrected chi connectivity index (χ4v) is 1.94. The molecule has 1 aromatic carbocycles. The van der Waals surface area contributed by atoms with Crippen LogP contribution in [0.15, 0.2) is 18.2 Å². The molecule has 0 aromatic heterocycles. The quantitative estimate of drug-likeness (QED) is 0.591. The van der Waals surface area contributed by atoms with E-state index in [0.717, 1.165) is 25.8 Å². The Balaban J connectivity index is 2.81. The van der Waals surface area contributed by atoms with E-state index in [-0.39, 0.29) is 11.9 Å². The van der Waals surface area contributed by atoms with Crippen LogP contribution in [0.3, 0.4) is 0 Å². The average Bonchev–Trinajstić information content (AvgIpc) is 2.38. The molecule has 0 saturated heterocycles. The molecular weight excluding hydrogens is 229 g/mol. The van der Waals surface area contributed by atoms with Gasteiger partial charge in [-0.3, -0.25) is 0 Å². The molecule has 0 spiro atoms. The van der Waals surface area contributed by atoms with Gasteiger partial charge in [0.25, 0.3) is 0 Å². The van der Waals surface area contributed by atoms with Crippen LogP contribution in [0.1, 0.15) is 37.8 Å². The zero-order chi connectivity index (χ0) is 13.4. The molecular formula is C15H20FNO. The topological polar surface area (TPSA) is 21.3 Å². The van der Waals surface area contributed by atoms with E-state index in [2.05, 4.69) is 11.2 Å². The second-order valence-corrected chi connectivity index (χ2v) is 4.09. The summed E-state index contributed by atoms with van der Waals surface area (Å²) in [6, 6.07) is 4.98. The molecule has 1 aromatic rings. The molecule has 18 heavy (non-hydrogen) atoms. The van der Waals surface area contributed by atoms with E-state index >= 15 is 0 Å². The highest BCUT2D eigenvalue weighted by Gasteiger charge is 2.14. The van der Waals surface area contributed by atoms with Gasteiger partial charge in [-0.2, -0.15) is 0 Å². The lowest BCUT2D eigenvalue weighted by Crippen LogP contribution is -2.21. The van der Waals surface area contributed by atoms with Crippen LogP contribution in [0.5, 0.6) is 5.75 Å². The van der Waals surface area contributed by atoms with E-state index < -0.39 is 0 Å². The number of halogens is 1. The molecule has 2 nitrogen and oxygen atoms in total. The Hall–Kier alpha value is -1.53. The van der Waals surface area contributed by atoms with E-state index in [9.17, 15) is 4.39 Å². The lowest BCUT2D eigenvalue weighted by Gasteiger charge is -2.19. The summed E-state index contributed by atoms with van der Waals surface area (Å²) in [5, 5.41) is 3.29. The van der Waals surface area contributed by atoms with Gasteiger partial charge >= 0.3 is 0 Å². The molecule has 0 saturated carbocycles. The number of ether oxygens (including phenoxy) is 1. The Labute approximate surface area is 109 Å². The van der Waals surface area contributed by atoms with Crippen molar-refractivity contribution in [2.75, 3.05) is 13.7 Å². The Kier molecular flexibility index (Phi) is 6.24. The second-order valence-electron chi connectivity index (χ2n) is 4.09. The third kappa shape index (κ3) is 4.05. The number of benzene rings is 1. The SMILES string of the molecule is C#CCCCC(NCC)c1ccc(OC)cc1F. The number of nitrogens with one attached hydrogen (secondary N) is 1. The van der Waals surface area contributed by atoms with Crippen LogP contribution >= 0.6 is 0 Å². The lowest BCUT2D eigenvalue weighted by molar-refractivity contribution is 0.408. The number of rotatable bonds is 7. The van der Waals surface area contributed by atoms with Gasteiger partial charge in [-0.05, 0) is 25.5 Å². The van der Waals surface area contributed by atoms with Crippen LogP contribution in [-0.4, -0.2) is 13.7 Å². The van der Waals surface area contributed by atoms with E-state index in [1.165, 1.54) is 13.2 Å². The van der Waals surface area contributed by atoms with Gasteiger partial charge in [-0.25, -0.2) is 4.39 Å². The molecule has 3 heteroatoms. The molecule has 1 unspecified atom stereocenters. The van der Waals surface area contributed by atoms with Crippen molar-refractivity contribution in [1.82, 2.24) is 5.32 Å². The summed E-state index contributed by atoms with van der Waals surface area (Å²) >= 11 is 0. The van der Waals surface area contributed by atoms with Crippen LogP contribution in [0, 0.1) is 18.2 Å². The highest BCUT2D eigenvalue weighted by atomic mass is 19.1. The third-order valence-corrected chi connectivity index (χ3v) is 2.85. The predicted octanol–water partition coefficient (Wildman–Crippen LogP) is 3.29. The zero-order valence-electron chi connectivity index (χ0n) is 11.0. The van der Waals surface area contributed by atoms with Gasteiger partial charge in [0.1, 0.15) is 11.6 Å². The number of hydrogen-bond acceptors (Lipinski definition) is 2. The van der Waals surface area contributed by atoms with Crippen molar-refractivity contribution in [3.05, 3.63) is 29.6 Å². The standard InChI is InChI=1S/C15H20FNO/c1-4-6-7-8-15(17-5-2)13-10-9-12(18-3)11-14(13)16/h1,9-11,15,17H,5-8H2,2-3H3. The molecule has 1 atom stereocenters. The van der Waals surface area contributed by atoms with E-state index in [1.807, 2.05) is 6.92 Å². The fourth-order valence-electron chi connectivity index (χ4n) is 1.94. The fraction of sp³-hybridized carbons (Fsp3) is 0.467. The van der Waals surface area contributed by atoms with Gasteiger partial charge < -0.3 is 10.1 Å². The molecule has 0 aliphatic heterocycles. The largest absolute Gasteiger partial charge is 0.497 e. The van der Waals surface area contributed by atoms with Crippen LogP contribution in [0.25, 0.3) is 0 Å². The molecule has 0 fully saturated rings. The molecule has 0 heterocycles. The van der Waals surface area contributed by atoms with Crippen molar-refractivity contribution in [1.29, 1.82) is 0 Å². The smallest absolute Gasteiger partial charge is 0.131 e. The second kappa shape index (κ2) is 7.73. The highest BCUT2D eigenvalue weighted by molar-refractivity contribution is 5.30. The van der Waals surface area contributed by atoms with E-state index in [1.54, 1.807) is 12.1 Å². The summed E-state index contributed by atoms with van der Waals surface area (Å²) in [4.78, 5) is 0. The molecule has 0 aliphatic rings. The number of hydrogen-bond donors (Lipinski definition) is 1. The van der Waals surface area contributed by atoms with Gasteiger partial charge in [0, 0.05) is 24.1 Å². The average molecular weight is 249 g/mol. The first-order valence-electron chi connectivity index (χ1n) is 6.23. The number of terminal acetylenes is 1.